The molecule has 1 aromatic rings. The fourth-order valence-electron chi connectivity index (χ4n) is 3.13. The zero-order valence-corrected chi connectivity index (χ0v) is 15.0. The van der Waals surface area contributed by atoms with E-state index in [9.17, 15) is 13.2 Å². The number of benzene rings is 1. The lowest BCUT2D eigenvalue weighted by Crippen LogP contribution is -2.37. The first-order chi connectivity index (χ1) is 12.0. The number of carbonyl (C=O) groups is 1. The molecule has 2 atom stereocenters. The van der Waals surface area contributed by atoms with Crippen LogP contribution >= 0.6 is 0 Å². The summed E-state index contributed by atoms with van der Waals surface area (Å²) in [6.45, 7) is 2.54. The monoisotopic (exact) mass is 367 g/mol. The number of rotatable bonds is 7. The van der Waals surface area contributed by atoms with Crippen LogP contribution in [-0.2, 0) is 14.8 Å². The van der Waals surface area contributed by atoms with Gasteiger partial charge in [0.25, 0.3) is 5.91 Å². The van der Waals surface area contributed by atoms with Crippen LogP contribution in [0.5, 0.6) is 0 Å². The molecule has 0 spiro atoms. The van der Waals surface area contributed by atoms with Gasteiger partial charge >= 0.3 is 0 Å². The highest BCUT2D eigenvalue weighted by atomic mass is 32.2. The molecule has 0 aliphatic carbocycles. The molecule has 25 heavy (non-hydrogen) atoms. The zero-order valence-electron chi connectivity index (χ0n) is 14.2. The molecule has 1 amide bonds. The van der Waals surface area contributed by atoms with E-state index >= 15 is 0 Å². The van der Waals surface area contributed by atoms with Crippen LogP contribution in [0.2, 0.25) is 0 Å². The lowest BCUT2D eigenvalue weighted by atomic mass is 10.2. The summed E-state index contributed by atoms with van der Waals surface area (Å²) >= 11 is 0. The number of hydrogen-bond donors (Lipinski definition) is 3. The maximum absolute atomic E-state index is 12.3. The SMILES string of the molecule is O=C(NCC1CCCN1)c1ccc(S(=O)(=O)NCC2CCCO2)cc1. The van der Waals surface area contributed by atoms with Crippen molar-refractivity contribution in [3.05, 3.63) is 29.8 Å². The minimum atomic E-state index is -3.59. The van der Waals surface area contributed by atoms with E-state index in [1.165, 1.54) is 24.3 Å². The maximum atomic E-state index is 12.3. The standard InChI is InChI=1S/C17H25N3O4S/c21-17(19-11-14-3-1-9-18-14)13-5-7-16(8-6-13)25(22,23)20-12-15-4-2-10-24-15/h5-8,14-15,18,20H,1-4,9-12H2,(H,19,21). The molecule has 8 heteroatoms. The first-order valence-corrected chi connectivity index (χ1v) is 10.3. The Morgan fingerprint density at radius 2 is 1.96 bits per heavy atom. The Bertz CT molecular complexity index is 678. The van der Waals surface area contributed by atoms with Crippen molar-refractivity contribution in [2.45, 2.75) is 42.7 Å². The summed E-state index contributed by atoms with van der Waals surface area (Å²) < 4.78 is 32.6. The van der Waals surface area contributed by atoms with E-state index in [2.05, 4.69) is 15.4 Å². The fourth-order valence-corrected chi connectivity index (χ4v) is 4.19. The normalized spacial score (nSPS) is 23.7. The predicted molar refractivity (Wildman–Crippen MR) is 94.0 cm³/mol. The molecule has 3 rings (SSSR count). The van der Waals surface area contributed by atoms with Crippen molar-refractivity contribution in [1.29, 1.82) is 0 Å². The number of nitrogens with one attached hydrogen (secondary N) is 3. The first-order valence-electron chi connectivity index (χ1n) is 8.77. The van der Waals surface area contributed by atoms with Gasteiger partial charge in [-0.25, -0.2) is 13.1 Å². The molecule has 0 bridgehead atoms. The van der Waals surface area contributed by atoms with Crippen LogP contribution in [0, 0.1) is 0 Å². The molecular formula is C17H25N3O4S. The zero-order chi connectivity index (χ0) is 17.7. The van der Waals surface area contributed by atoms with Gasteiger partial charge in [-0.15, -0.1) is 0 Å². The summed E-state index contributed by atoms with van der Waals surface area (Å²) in [6, 6.07) is 6.32. The van der Waals surface area contributed by atoms with Crippen LogP contribution in [0.1, 0.15) is 36.0 Å². The third kappa shape index (κ3) is 5.01. The second kappa shape index (κ2) is 8.27. The lowest BCUT2D eigenvalue weighted by Gasteiger charge is -2.13. The lowest BCUT2D eigenvalue weighted by molar-refractivity contribution is 0.0950. The fraction of sp³-hybridized carbons (Fsp3) is 0.588. The molecule has 1 aromatic carbocycles. The van der Waals surface area contributed by atoms with Crippen LogP contribution < -0.4 is 15.4 Å². The highest BCUT2D eigenvalue weighted by Gasteiger charge is 2.21. The van der Waals surface area contributed by atoms with Gasteiger partial charge in [0.2, 0.25) is 10.0 Å². The molecule has 2 aliphatic heterocycles. The van der Waals surface area contributed by atoms with Gasteiger partial charge in [0, 0.05) is 31.3 Å². The molecule has 0 saturated carbocycles. The molecule has 2 unspecified atom stereocenters. The average Bonchev–Trinajstić information content (AvgIpc) is 3.31. The smallest absolute Gasteiger partial charge is 0.251 e. The van der Waals surface area contributed by atoms with Gasteiger partial charge in [-0.2, -0.15) is 0 Å². The van der Waals surface area contributed by atoms with Gasteiger partial charge in [0.05, 0.1) is 11.0 Å². The molecule has 138 valence electrons. The van der Waals surface area contributed by atoms with Crippen molar-refractivity contribution in [3.63, 3.8) is 0 Å². The Labute approximate surface area is 148 Å². The molecular weight excluding hydrogens is 342 g/mol. The van der Waals surface area contributed by atoms with Gasteiger partial charge in [0.1, 0.15) is 0 Å². The maximum Gasteiger partial charge on any atom is 0.251 e. The van der Waals surface area contributed by atoms with E-state index in [0.29, 0.717) is 24.8 Å². The van der Waals surface area contributed by atoms with Gasteiger partial charge < -0.3 is 15.4 Å². The van der Waals surface area contributed by atoms with Crippen molar-refractivity contribution < 1.29 is 17.9 Å². The van der Waals surface area contributed by atoms with Crippen molar-refractivity contribution >= 4 is 15.9 Å². The van der Waals surface area contributed by atoms with Crippen LogP contribution in [0.3, 0.4) is 0 Å². The second-order valence-corrected chi connectivity index (χ2v) is 8.28. The minimum Gasteiger partial charge on any atom is -0.377 e. The summed E-state index contributed by atoms with van der Waals surface area (Å²) in [5, 5.41) is 6.20. The summed E-state index contributed by atoms with van der Waals surface area (Å²) in [4.78, 5) is 12.3. The van der Waals surface area contributed by atoms with Gasteiger partial charge in [-0.1, -0.05) is 0 Å². The number of amides is 1. The van der Waals surface area contributed by atoms with E-state index in [1.54, 1.807) is 0 Å². The van der Waals surface area contributed by atoms with Crippen molar-refractivity contribution in [1.82, 2.24) is 15.4 Å². The predicted octanol–water partition coefficient (Wildman–Crippen LogP) is 0.626. The molecule has 0 radical (unpaired) electrons. The highest BCUT2D eigenvalue weighted by Crippen LogP contribution is 2.14. The van der Waals surface area contributed by atoms with Gasteiger partial charge in [-0.3, -0.25) is 4.79 Å². The number of ether oxygens (including phenoxy) is 1. The van der Waals surface area contributed by atoms with Gasteiger partial charge in [0.15, 0.2) is 0 Å². The Morgan fingerprint density at radius 3 is 2.60 bits per heavy atom. The molecule has 2 heterocycles. The Hall–Kier alpha value is -1.48. The molecule has 2 fully saturated rings. The van der Waals surface area contributed by atoms with Crippen LogP contribution in [0.15, 0.2) is 29.2 Å². The highest BCUT2D eigenvalue weighted by molar-refractivity contribution is 7.89. The second-order valence-electron chi connectivity index (χ2n) is 6.51. The van der Waals surface area contributed by atoms with Gasteiger partial charge in [-0.05, 0) is 56.5 Å². The number of sulfonamides is 1. The summed E-state index contributed by atoms with van der Waals surface area (Å²) in [6.07, 6.45) is 3.98. The quantitative estimate of drug-likeness (QED) is 0.657. The van der Waals surface area contributed by atoms with Crippen molar-refractivity contribution in [2.24, 2.45) is 0 Å². The molecule has 2 saturated heterocycles. The van der Waals surface area contributed by atoms with E-state index < -0.39 is 10.0 Å². The van der Waals surface area contributed by atoms with Crippen LogP contribution in [-0.4, -0.2) is 52.7 Å². The Morgan fingerprint density at radius 1 is 1.16 bits per heavy atom. The topological polar surface area (TPSA) is 96.5 Å². The van der Waals surface area contributed by atoms with Crippen molar-refractivity contribution in [3.8, 4) is 0 Å². The summed E-state index contributed by atoms with van der Waals surface area (Å²) in [7, 11) is -3.59. The number of hydrogen-bond acceptors (Lipinski definition) is 5. The summed E-state index contributed by atoms with van der Waals surface area (Å²) in [5.41, 5.74) is 0.455. The third-order valence-corrected chi connectivity index (χ3v) is 6.06. The molecule has 0 aromatic heterocycles. The molecule has 3 N–H and O–H groups in total. The van der Waals surface area contributed by atoms with E-state index in [0.717, 1.165) is 32.2 Å². The van der Waals surface area contributed by atoms with E-state index in [-0.39, 0.29) is 23.5 Å². The Kier molecular flexibility index (Phi) is 6.06. The molecule has 2 aliphatic rings. The van der Waals surface area contributed by atoms with Crippen LogP contribution in [0.4, 0.5) is 0 Å². The van der Waals surface area contributed by atoms with E-state index in [4.69, 9.17) is 4.74 Å². The van der Waals surface area contributed by atoms with Crippen molar-refractivity contribution in [2.75, 3.05) is 26.2 Å². The number of carbonyl (C=O) groups excluding carboxylic acids is 1. The Balaban J connectivity index is 1.53. The largest absolute Gasteiger partial charge is 0.377 e. The summed E-state index contributed by atoms with van der Waals surface area (Å²) in [5.74, 6) is -0.190. The third-order valence-electron chi connectivity index (χ3n) is 4.62. The average molecular weight is 367 g/mol. The minimum absolute atomic E-state index is 0.0518. The molecule has 7 nitrogen and oxygen atoms in total. The first kappa shape index (κ1) is 18.3. The van der Waals surface area contributed by atoms with E-state index in [1.807, 2.05) is 0 Å². The van der Waals surface area contributed by atoms with Crippen LogP contribution in [0.25, 0.3) is 0 Å².